The van der Waals surface area contributed by atoms with Gasteiger partial charge in [0.15, 0.2) is 0 Å². The average molecular weight is 299 g/mol. The molecule has 1 aromatic carbocycles. The largest absolute Gasteiger partial charge is 0.395 e. The second-order valence-corrected chi connectivity index (χ2v) is 4.78. The van der Waals surface area contributed by atoms with E-state index in [9.17, 15) is 9.59 Å². The maximum absolute atomic E-state index is 11.9. The lowest BCUT2D eigenvalue weighted by molar-refractivity contribution is -0.137. The molecule has 2 rings (SSSR count). The summed E-state index contributed by atoms with van der Waals surface area (Å²) < 4.78 is 0. The molecule has 0 aliphatic carbocycles. The molecule has 0 spiro atoms. The first-order valence-corrected chi connectivity index (χ1v) is 6.29. The highest BCUT2D eigenvalue weighted by Crippen LogP contribution is 2.26. The zero-order valence-corrected chi connectivity index (χ0v) is 11.4. The molecule has 1 heterocycles. The van der Waals surface area contributed by atoms with Crippen molar-refractivity contribution in [3.05, 3.63) is 35.0 Å². The van der Waals surface area contributed by atoms with E-state index in [0.29, 0.717) is 15.6 Å². The van der Waals surface area contributed by atoms with Crippen LogP contribution in [0.5, 0.6) is 0 Å². The van der Waals surface area contributed by atoms with E-state index in [-0.39, 0.29) is 18.8 Å². The number of hydrogen-bond acceptors (Lipinski definition) is 5. The third-order valence-corrected chi connectivity index (χ3v) is 3.19. The molecule has 1 aliphatic heterocycles. The molecule has 1 aromatic rings. The van der Waals surface area contributed by atoms with Crippen LogP contribution < -0.4 is 5.32 Å². The Labute approximate surface area is 120 Å². The van der Waals surface area contributed by atoms with Crippen molar-refractivity contribution in [2.75, 3.05) is 18.5 Å². The number of aliphatic hydroxyl groups excluding tert-OH is 1. The van der Waals surface area contributed by atoms with Crippen molar-refractivity contribution in [3.63, 3.8) is 0 Å². The van der Waals surface area contributed by atoms with Gasteiger partial charge >= 0.3 is 0 Å². The number of imide groups is 1. The van der Waals surface area contributed by atoms with Crippen LogP contribution >= 0.6 is 24.2 Å². The van der Waals surface area contributed by atoms with Crippen LogP contribution in [-0.4, -0.2) is 35.0 Å². The number of nitrogens with zero attached hydrogens (tertiary/aromatic N) is 1. The number of thiol groups is 1. The van der Waals surface area contributed by atoms with E-state index in [2.05, 4.69) is 17.9 Å². The molecule has 0 atom stereocenters. The number of halogens is 1. The van der Waals surface area contributed by atoms with Crippen LogP contribution in [-0.2, 0) is 9.59 Å². The molecule has 5 nitrogen and oxygen atoms in total. The zero-order chi connectivity index (χ0) is 14.0. The van der Waals surface area contributed by atoms with Gasteiger partial charge in [-0.15, -0.1) is 12.6 Å². The van der Waals surface area contributed by atoms with Gasteiger partial charge in [-0.1, -0.05) is 11.6 Å². The van der Waals surface area contributed by atoms with Crippen LogP contribution in [0.4, 0.5) is 5.69 Å². The predicted molar refractivity (Wildman–Crippen MR) is 74.2 cm³/mol. The van der Waals surface area contributed by atoms with Crippen LogP contribution in [0.2, 0.25) is 5.02 Å². The minimum absolute atomic E-state index is 0.0252. The topological polar surface area (TPSA) is 69.6 Å². The summed E-state index contributed by atoms with van der Waals surface area (Å²) in [5.41, 5.74) is 0.671. The molecule has 0 aromatic heterocycles. The highest BCUT2D eigenvalue weighted by atomic mass is 35.5. The first-order chi connectivity index (χ1) is 9.02. The second-order valence-electron chi connectivity index (χ2n) is 3.86. The number of amides is 2. The number of carbonyl (C=O) groups is 2. The van der Waals surface area contributed by atoms with E-state index in [4.69, 9.17) is 16.7 Å². The Hall–Kier alpha value is -1.50. The summed E-state index contributed by atoms with van der Waals surface area (Å²) in [7, 11) is 0. The van der Waals surface area contributed by atoms with E-state index in [1.807, 2.05) is 0 Å². The average Bonchev–Trinajstić information content (AvgIpc) is 2.62. The molecule has 19 heavy (non-hydrogen) atoms. The number of aliphatic hydroxyl groups is 1. The van der Waals surface area contributed by atoms with Crippen LogP contribution in [0.3, 0.4) is 0 Å². The van der Waals surface area contributed by atoms with Crippen molar-refractivity contribution >= 4 is 41.7 Å². The third kappa shape index (κ3) is 2.91. The van der Waals surface area contributed by atoms with Gasteiger partial charge in [0.1, 0.15) is 5.70 Å². The number of nitrogens with one attached hydrogen (secondary N) is 1. The minimum atomic E-state index is -0.480. The lowest BCUT2D eigenvalue weighted by Gasteiger charge is -2.14. The second kappa shape index (κ2) is 5.64. The van der Waals surface area contributed by atoms with Crippen molar-refractivity contribution in [2.24, 2.45) is 0 Å². The van der Waals surface area contributed by atoms with Crippen LogP contribution in [0, 0.1) is 0 Å². The fraction of sp³-hybridized carbons (Fsp3) is 0.167. The Bertz CT molecular complexity index is 574. The summed E-state index contributed by atoms with van der Waals surface area (Å²) in [6.07, 6.45) is 1.19. The number of carbonyl (C=O) groups excluding carboxylic acids is 2. The smallest absolute Gasteiger partial charge is 0.277 e. The van der Waals surface area contributed by atoms with Gasteiger partial charge in [-0.25, -0.2) is 0 Å². The van der Waals surface area contributed by atoms with Crippen LogP contribution in [0.25, 0.3) is 0 Å². The molecule has 0 saturated heterocycles. The number of hydrogen-bond donors (Lipinski definition) is 3. The monoisotopic (exact) mass is 298 g/mol. The highest BCUT2D eigenvalue weighted by molar-refractivity contribution is 7.80. The van der Waals surface area contributed by atoms with Crippen molar-refractivity contribution in [2.45, 2.75) is 4.90 Å². The van der Waals surface area contributed by atoms with E-state index in [0.717, 1.165) is 4.90 Å². The molecule has 0 bridgehead atoms. The van der Waals surface area contributed by atoms with Crippen molar-refractivity contribution < 1.29 is 14.7 Å². The Morgan fingerprint density at radius 3 is 2.79 bits per heavy atom. The van der Waals surface area contributed by atoms with Gasteiger partial charge in [0, 0.05) is 16.0 Å². The van der Waals surface area contributed by atoms with Gasteiger partial charge in [-0.05, 0) is 18.2 Å². The minimum Gasteiger partial charge on any atom is -0.395 e. The van der Waals surface area contributed by atoms with E-state index in [1.54, 1.807) is 18.2 Å². The van der Waals surface area contributed by atoms with E-state index >= 15 is 0 Å². The lowest BCUT2D eigenvalue weighted by atomic mass is 10.3. The maximum Gasteiger partial charge on any atom is 0.277 e. The molecule has 7 heteroatoms. The van der Waals surface area contributed by atoms with Gasteiger partial charge in [0.05, 0.1) is 18.8 Å². The van der Waals surface area contributed by atoms with Gasteiger partial charge in [0.2, 0.25) is 0 Å². The Morgan fingerprint density at radius 2 is 2.11 bits per heavy atom. The first-order valence-electron chi connectivity index (χ1n) is 5.47. The van der Waals surface area contributed by atoms with Gasteiger partial charge in [0.25, 0.3) is 11.8 Å². The standard InChI is InChI=1S/C12H11ClN2O3S/c13-7-1-2-10(19)8(5-7)14-9-6-11(17)15(3-4-16)12(9)18/h1-2,5-6,14,16,19H,3-4H2. The number of rotatable bonds is 4. The van der Waals surface area contributed by atoms with Crippen molar-refractivity contribution in [3.8, 4) is 0 Å². The molecular weight excluding hydrogens is 288 g/mol. The fourth-order valence-corrected chi connectivity index (χ4v) is 2.03. The molecule has 2 N–H and O–H groups in total. The lowest BCUT2D eigenvalue weighted by Crippen LogP contribution is -2.34. The summed E-state index contributed by atoms with van der Waals surface area (Å²) in [5, 5.41) is 12.1. The summed E-state index contributed by atoms with van der Waals surface area (Å²) in [6.45, 7) is -0.295. The fourth-order valence-electron chi connectivity index (χ4n) is 1.66. The zero-order valence-electron chi connectivity index (χ0n) is 9.76. The van der Waals surface area contributed by atoms with E-state index in [1.165, 1.54) is 6.08 Å². The summed E-state index contributed by atoms with van der Waals surface area (Å²) in [5.74, 6) is -0.934. The van der Waals surface area contributed by atoms with Crippen LogP contribution in [0.15, 0.2) is 34.9 Å². The van der Waals surface area contributed by atoms with Gasteiger partial charge in [-0.2, -0.15) is 0 Å². The van der Waals surface area contributed by atoms with Crippen LogP contribution in [0.1, 0.15) is 0 Å². The summed E-state index contributed by atoms with van der Waals surface area (Å²) >= 11 is 10.1. The summed E-state index contributed by atoms with van der Waals surface area (Å²) in [4.78, 5) is 25.0. The number of benzene rings is 1. The molecule has 100 valence electrons. The molecule has 1 aliphatic rings. The molecule has 0 fully saturated rings. The van der Waals surface area contributed by atoms with Crippen molar-refractivity contribution in [1.29, 1.82) is 0 Å². The van der Waals surface area contributed by atoms with Gasteiger partial charge in [-0.3, -0.25) is 14.5 Å². The normalized spacial score (nSPS) is 14.9. The predicted octanol–water partition coefficient (Wildman–Crippen LogP) is 1.29. The highest BCUT2D eigenvalue weighted by Gasteiger charge is 2.30. The molecule has 2 amide bonds. The van der Waals surface area contributed by atoms with Gasteiger partial charge < -0.3 is 10.4 Å². The third-order valence-electron chi connectivity index (χ3n) is 2.56. The summed E-state index contributed by atoms with van der Waals surface area (Å²) in [6, 6.07) is 4.96. The molecule has 0 saturated carbocycles. The number of anilines is 1. The Morgan fingerprint density at radius 1 is 1.37 bits per heavy atom. The molecule has 0 unspecified atom stereocenters. The number of β-amino-alcohol motifs (C(OH)–C–C–N with tert-alkyl or cyclic N) is 1. The van der Waals surface area contributed by atoms with E-state index < -0.39 is 11.8 Å². The SMILES string of the molecule is O=C1C=C(Nc2cc(Cl)ccc2S)C(=O)N1CCO. The first kappa shape index (κ1) is 13.9. The Kier molecular flexibility index (Phi) is 4.14. The Balaban J connectivity index is 2.20. The molecule has 0 radical (unpaired) electrons. The maximum atomic E-state index is 11.9. The molecular formula is C12H11ClN2O3S. The van der Waals surface area contributed by atoms with Crippen molar-refractivity contribution in [1.82, 2.24) is 4.90 Å². The quantitative estimate of drug-likeness (QED) is 0.579.